The van der Waals surface area contributed by atoms with Gasteiger partial charge in [-0.3, -0.25) is 0 Å². The maximum Gasteiger partial charge on any atom is 0.322 e. The zero-order chi connectivity index (χ0) is 19.5. The predicted molar refractivity (Wildman–Crippen MR) is 103 cm³/mol. The van der Waals surface area contributed by atoms with E-state index in [0.717, 1.165) is 30.4 Å². The van der Waals surface area contributed by atoms with Crippen molar-refractivity contribution in [2.24, 2.45) is 0 Å². The highest BCUT2D eigenvalue weighted by molar-refractivity contribution is 5.89. The minimum atomic E-state index is -0.469. The van der Waals surface area contributed by atoms with Crippen LogP contribution in [0, 0.1) is 12.7 Å². The number of anilines is 1. The number of hydrogen-bond donors (Lipinski definition) is 1. The van der Waals surface area contributed by atoms with E-state index in [0.29, 0.717) is 18.3 Å². The SMILES string of the molecule is Cc1cccc(-c2noc([C@@H]3CCCCN3C(=O)Nc3ccccc3F)n2)c1. The number of urea groups is 1. The van der Waals surface area contributed by atoms with E-state index in [4.69, 9.17) is 4.52 Å². The molecule has 2 aromatic carbocycles. The molecule has 144 valence electrons. The summed E-state index contributed by atoms with van der Waals surface area (Å²) in [4.78, 5) is 19.0. The van der Waals surface area contributed by atoms with Crippen LogP contribution < -0.4 is 5.32 Å². The third-order valence-electron chi connectivity index (χ3n) is 4.88. The molecular weight excluding hydrogens is 359 g/mol. The van der Waals surface area contributed by atoms with Crippen LogP contribution in [0.15, 0.2) is 53.1 Å². The minimum absolute atomic E-state index is 0.155. The van der Waals surface area contributed by atoms with Crippen molar-refractivity contribution in [3.63, 3.8) is 0 Å². The third-order valence-corrected chi connectivity index (χ3v) is 4.88. The van der Waals surface area contributed by atoms with E-state index in [9.17, 15) is 9.18 Å². The first-order chi connectivity index (χ1) is 13.6. The van der Waals surface area contributed by atoms with Gasteiger partial charge >= 0.3 is 6.03 Å². The van der Waals surface area contributed by atoms with Crippen LogP contribution in [-0.4, -0.2) is 27.6 Å². The van der Waals surface area contributed by atoms with Crippen LogP contribution in [0.2, 0.25) is 0 Å². The number of benzene rings is 2. The molecule has 0 aliphatic carbocycles. The van der Waals surface area contributed by atoms with Crippen molar-refractivity contribution < 1.29 is 13.7 Å². The van der Waals surface area contributed by atoms with E-state index in [2.05, 4.69) is 15.5 Å². The number of carbonyl (C=O) groups excluding carboxylic acids is 1. The summed E-state index contributed by atoms with van der Waals surface area (Å²) in [6.45, 7) is 2.55. The number of halogens is 1. The third kappa shape index (κ3) is 3.74. The second-order valence-corrected chi connectivity index (χ2v) is 6.94. The molecule has 0 unspecified atom stereocenters. The fraction of sp³-hybridized carbons (Fsp3) is 0.286. The Kier molecular flexibility index (Phi) is 5.06. The van der Waals surface area contributed by atoms with Crippen molar-refractivity contribution in [2.45, 2.75) is 32.2 Å². The molecule has 0 bridgehead atoms. The largest absolute Gasteiger partial charge is 0.337 e. The quantitative estimate of drug-likeness (QED) is 0.698. The van der Waals surface area contributed by atoms with Crippen molar-refractivity contribution in [1.29, 1.82) is 0 Å². The topological polar surface area (TPSA) is 71.3 Å². The smallest absolute Gasteiger partial charge is 0.322 e. The molecule has 1 saturated heterocycles. The van der Waals surface area contributed by atoms with Crippen molar-refractivity contribution >= 4 is 11.7 Å². The van der Waals surface area contributed by atoms with Crippen molar-refractivity contribution in [2.75, 3.05) is 11.9 Å². The Labute approximate surface area is 162 Å². The Morgan fingerprint density at radius 1 is 1.21 bits per heavy atom. The maximum absolute atomic E-state index is 13.9. The van der Waals surface area contributed by atoms with E-state index < -0.39 is 5.82 Å². The second kappa shape index (κ2) is 7.80. The molecule has 1 aliphatic rings. The highest BCUT2D eigenvalue weighted by atomic mass is 19.1. The van der Waals surface area contributed by atoms with Crippen LogP contribution in [0.1, 0.15) is 36.8 Å². The van der Waals surface area contributed by atoms with Crippen LogP contribution in [-0.2, 0) is 0 Å². The lowest BCUT2D eigenvalue weighted by atomic mass is 10.0. The summed E-state index contributed by atoms with van der Waals surface area (Å²) in [5.41, 5.74) is 2.13. The summed E-state index contributed by atoms with van der Waals surface area (Å²) in [6, 6.07) is 13.3. The lowest BCUT2D eigenvalue weighted by molar-refractivity contribution is 0.142. The number of nitrogens with one attached hydrogen (secondary N) is 1. The lowest BCUT2D eigenvalue weighted by Crippen LogP contribution is -2.41. The van der Waals surface area contributed by atoms with Gasteiger partial charge in [-0.05, 0) is 44.4 Å². The summed E-state index contributed by atoms with van der Waals surface area (Å²) in [7, 11) is 0. The van der Waals surface area contributed by atoms with Crippen LogP contribution in [0.25, 0.3) is 11.4 Å². The highest BCUT2D eigenvalue weighted by Crippen LogP contribution is 2.32. The van der Waals surface area contributed by atoms with Crippen LogP contribution in [0.4, 0.5) is 14.9 Å². The standard InChI is InChI=1S/C21H21FN4O2/c1-14-7-6-8-15(13-14)19-24-20(28-25-19)18-11-4-5-12-26(18)21(27)23-17-10-3-2-9-16(17)22/h2-3,6-10,13,18H,4-5,11-12H2,1H3,(H,23,27)/t18-/m0/s1. The molecule has 6 nitrogen and oxygen atoms in total. The van der Waals surface area contributed by atoms with Crippen molar-refractivity contribution in [3.05, 3.63) is 65.8 Å². The molecule has 28 heavy (non-hydrogen) atoms. The summed E-state index contributed by atoms with van der Waals surface area (Å²) in [6.07, 6.45) is 2.55. The Morgan fingerprint density at radius 3 is 2.89 bits per heavy atom. The van der Waals surface area contributed by atoms with Gasteiger partial charge in [-0.1, -0.05) is 41.1 Å². The van der Waals surface area contributed by atoms with Gasteiger partial charge in [-0.2, -0.15) is 4.98 Å². The van der Waals surface area contributed by atoms with Crippen LogP contribution in [0.5, 0.6) is 0 Å². The molecule has 1 aliphatic heterocycles. The number of amides is 2. The summed E-state index contributed by atoms with van der Waals surface area (Å²) < 4.78 is 19.4. The summed E-state index contributed by atoms with van der Waals surface area (Å²) >= 11 is 0. The lowest BCUT2D eigenvalue weighted by Gasteiger charge is -2.33. The average Bonchev–Trinajstić information content (AvgIpc) is 3.20. The number of carbonyl (C=O) groups is 1. The Hall–Kier alpha value is -3.22. The molecule has 0 radical (unpaired) electrons. The molecule has 1 atom stereocenters. The first-order valence-electron chi connectivity index (χ1n) is 9.34. The number of nitrogens with zero attached hydrogens (tertiary/aromatic N) is 3. The van der Waals surface area contributed by atoms with Gasteiger partial charge in [0.05, 0.1) is 5.69 Å². The molecule has 1 fully saturated rings. The molecule has 2 heterocycles. The van der Waals surface area contributed by atoms with Gasteiger partial charge in [0.2, 0.25) is 11.7 Å². The normalized spacial score (nSPS) is 16.8. The van der Waals surface area contributed by atoms with E-state index in [1.165, 1.54) is 12.1 Å². The van der Waals surface area contributed by atoms with Gasteiger partial charge in [0, 0.05) is 12.1 Å². The number of rotatable bonds is 3. The number of aromatic nitrogens is 2. The molecule has 4 rings (SSSR count). The van der Waals surface area contributed by atoms with E-state index in [-0.39, 0.29) is 17.8 Å². The van der Waals surface area contributed by atoms with Crippen molar-refractivity contribution in [3.8, 4) is 11.4 Å². The molecule has 2 amide bonds. The number of aryl methyl sites for hydroxylation is 1. The molecular formula is C21H21FN4O2. The van der Waals surface area contributed by atoms with Gasteiger partial charge in [0.15, 0.2) is 0 Å². The van der Waals surface area contributed by atoms with E-state index in [1.54, 1.807) is 17.0 Å². The molecule has 0 spiro atoms. The molecule has 0 saturated carbocycles. The minimum Gasteiger partial charge on any atom is -0.337 e. The Bertz CT molecular complexity index is 988. The summed E-state index contributed by atoms with van der Waals surface area (Å²) in [5.74, 6) is 0.433. The van der Waals surface area contributed by atoms with Gasteiger partial charge in [-0.25, -0.2) is 9.18 Å². The van der Waals surface area contributed by atoms with Crippen LogP contribution in [0.3, 0.4) is 0 Å². The highest BCUT2D eigenvalue weighted by Gasteiger charge is 2.32. The van der Waals surface area contributed by atoms with Gasteiger partial charge in [0.25, 0.3) is 0 Å². The van der Waals surface area contributed by atoms with Gasteiger partial charge < -0.3 is 14.7 Å². The maximum atomic E-state index is 13.9. The molecule has 3 aromatic rings. The van der Waals surface area contributed by atoms with Gasteiger partial charge in [-0.15, -0.1) is 0 Å². The number of likely N-dealkylation sites (tertiary alicyclic amines) is 1. The van der Waals surface area contributed by atoms with Gasteiger partial charge in [0.1, 0.15) is 11.9 Å². The second-order valence-electron chi connectivity index (χ2n) is 6.94. The first-order valence-corrected chi connectivity index (χ1v) is 9.34. The monoisotopic (exact) mass is 380 g/mol. The Morgan fingerprint density at radius 2 is 2.07 bits per heavy atom. The predicted octanol–water partition coefficient (Wildman–Crippen LogP) is 4.94. The Balaban J connectivity index is 1.56. The molecule has 1 aromatic heterocycles. The number of hydrogen-bond acceptors (Lipinski definition) is 4. The van der Waals surface area contributed by atoms with E-state index >= 15 is 0 Å². The summed E-state index contributed by atoms with van der Waals surface area (Å²) in [5, 5.41) is 6.74. The number of para-hydroxylation sites is 1. The first kappa shape index (κ1) is 18.2. The fourth-order valence-corrected chi connectivity index (χ4v) is 3.45. The molecule has 7 heteroatoms. The zero-order valence-electron chi connectivity index (χ0n) is 15.6. The molecule has 1 N–H and O–H groups in total. The van der Waals surface area contributed by atoms with Crippen LogP contribution >= 0.6 is 0 Å². The number of piperidine rings is 1. The average molecular weight is 380 g/mol. The fourth-order valence-electron chi connectivity index (χ4n) is 3.45. The van der Waals surface area contributed by atoms with E-state index in [1.807, 2.05) is 31.2 Å². The van der Waals surface area contributed by atoms with Crippen molar-refractivity contribution in [1.82, 2.24) is 15.0 Å². The zero-order valence-corrected chi connectivity index (χ0v) is 15.6.